The molecule has 1 heterocycles. The van der Waals surface area contributed by atoms with Gasteiger partial charge in [-0.05, 0) is 13.8 Å². The molecule has 0 bridgehead atoms. The Morgan fingerprint density at radius 3 is 2.47 bits per heavy atom. The molecular formula is C9H12F3N3O2. The number of carbonyl (C=O) groups is 1. The summed E-state index contributed by atoms with van der Waals surface area (Å²) in [6.45, 7) is 1.27. The zero-order valence-electron chi connectivity index (χ0n) is 9.34. The van der Waals surface area contributed by atoms with E-state index in [1.807, 2.05) is 0 Å². The number of hydrogen-bond acceptors (Lipinski definition) is 4. The molecule has 0 aliphatic heterocycles. The van der Waals surface area contributed by atoms with Gasteiger partial charge in [0.1, 0.15) is 6.54 Å². The molecule has 0 aliphatic carbocycles. The Kier molecular flexibility index (Phi) is 3.64. The molecule has 0 atom stereocenters. The summed E-state index contributed by atoms with van der Waals surface area (Å²) in [5.41, 5.74) is 7.06. The van der Waals surface area contributed by atoms with Gasteiger partial charge in [-0.2, -0.15) is 18.3 Å². The van der Waals surface area contributed by atoms with Gasteiger partial charge in [0.05, 0.1) is 17.1 Å². The van der Waals surface area contributed by atoms with Crippen molar-refractivity contribution < 1.29 is 22.7 Å². The molecule has 1 aromatic rings. The Labute approximate surface area is 95.3 Å². The monoisotopic (exact) mass is 251 g/mol. The molecule has 0 amide bonds. The number of nitrogen functional groups attached to an aromatic ring is 1. The first-order chi connectivity index (χ1) is 7.70. The van der Waals surface area contributed by atoms with Gasteiger partial charge in [0.15, 0.2) is 6.61 Å². The van der Waals surface area contributed by atoms with Gasteiger partial charge in [-0.25, -0.2) is 0 Å². The number of aromatic nitrogens is 2. The SMILES string of the molecule is Cc1nn(CC(=O)OCC(F)(F)F)c(C)c1N. The van der Waals surface area contributed by atoms with Gasteiger partial charge >= 0.3 is 12.1 Å². The molecule has 0 spiro atoms. The lowest BCUT2D eigenvalue weighted by Crippen LogP contribution is -2.23. The van der Waals surface area contributed by atoms with Crippen molar-refractivity contribution in [3.63, 3.8) is 0 Å². The highest BCUT2D eigenvalue weighted by Crippen LogP contribution is 2.16. The molecule has 0 aromatic carbocycles. The fourth-order valence-electron chi connectivity index (χ4n) is 1.19. The molecule has 2 N–H and O–H groups in total. The van der Waals surface area contributed by atoms with E-state index in [1.54, 1.807) is 13.8 Å². The lowest BCUT2D eigenvalue weighted by Gasteiger charge is -2.08. The van der Waals surface area contributed by atoms with Crippen LogP contribution < -0.4 is 5.73 Å². The number of ether oxygens (including phenoxy) is 1. The van der Waals surface area contributed by atoms with Gasteiger partial charge in [0.2, 0.25) is 0 Å². The molecule has 17 heavy (non-hydrogen) atoms. The molecular weight excluding hydrogens is 239 g/mol. The standard InChI is InChI=1S/C9H12F3N3O2/c1-5-8(13)6(2)15(14-5)3-7(16)17-4-9(10,11)12/h3-4,13H2,1-2H3. The normalized spacial score (nSPS) is 11.6. The third kappa shape index (κ3) is 3.65. The maximum atomic E-state index is 11.8. The summed E-state index contributed by atoms with van der Waals surface area (Å²) >= 11 is 0. The number of anilines is 1. The average Bonchev–Trinajstić information content (AvgIpc) is 2.43. The highest BCUT2D eigenvalue weighted by Gasteiger charge is 2.29. The minimum atomic E-state index is -4.52. The molecule has 1 rings (SSSR count). The minimum absolute atomic E-state index is 0.389. The molecule has 0 aliphatic rings. The van der Waals surface area contributed by atoms with E-state index in [0.717, 1.165) is 0 Å². The Hall–Kier alpha value is -1.73. The molecule has 8 heteroatoms. The van der Waals surface area contributed by atoms with E-state index in [0.29, 0.717) is 17.1 Å². The first kappa shape index (κ1) is 13.3. The quantitative estimate of drug-likeness (QED) is 0.819. The van der Waals surface area contributed by atoms with E-state index >= 15 is 0 Å². The fraction of sp³-hybridized carbons (Fsp3) is 0.556. The number of carbonyl (C=O) groups excluding carboxylic acids is 1. The molecule has 96 valence electrons. The number of nitrogens with two attached hydrogens (primary N) is 1. The summed E-state index contributed by atoms with van der Waals surface area (Å²) in [6, 6.07) is 0. The van der Waals surface area contributed by atoms with Crippen LogP contribution in [0.2, 0.25) is 0 Å². The van der Waals surface area contributed by atoms with Crippen LogP contribution in [0.15, 0.2) is 0 Å². The van der Waals surface area contributed by atoms with Crippen LogP contribution in [0.4, 0.5) is 18.9 Å². The number of halogens is 3. The van der Waals surface area contributed by atoms with E-state index in [-0.39, 0.29) is 6.54 Å². The Bertz CT molecular complexity index is 426. The van der Waals surface area contributed by atoms with Crippen molar-refractivity contribution in [3.05, 3.63) is 11.4 Å². The van der Waals surface area contributed by atoms with Crippen LogP contribution in [-0.2, 0) is 16.1 Å². The van der Waals surface area contributed by atoms with Crippen LogP contribution >= 0.6 is 0 Å². The Balaban J connectivity index is 2.60. The first-order valence-electron chi connectivity index (χ1n) is 4.72. The average molecular weight is 251 g/mol. The third-order valence-corrected chi connectivity index (χ3v) is 2.11. The van der Waals surface area contributed by atoms with Crippen LogP contribution in [0.25, 0.3) is 0 Å². The molecule has 0 radical (unpaired) electrons. The summed E-state index contributed by atoms with van der Waals surface area (Å²) in [5, 5.41) is 3.90. The van der Waals surface area contributed by atoms with Gasteiger partial charge in [-0.15, -0.1) is 0 Å². The smallest absolute Gasteiger partial charge is 0.422 e. The van der Waals surface area contributed by atoms with Crippen LogP contribution in [0.5, 0.6) is 0 Å². The van der Waals surface area contributed by atoms with Gasteiger partial charge < -0.3 is 10.5 Å². The molecule has 0 fully saturated rings. The van der Waals surface area contributed by atoms with Gasteiger partial charge in [0.25, 0.3) is 0 Å². The Morgan fingerprint density at radius 1 is 1.47 bits per heavy atom. The number of aryl methyl sites for hydroxylation is 1. The van der Waals surface area contributed by atoms with E-state index in [2.05, 4.69) is 9.84 Å². The summed E-state index contributed by atoms with van der Waals surface area (Å²) in [4.78, 5) is 11.1. The van der Waals surface area contributed by atoms with Crippen molar-refractivity contribution in [2.45, 2.75) is 26.6 Å². The van der Waals surface area contributed by atoms with Crippen LogP contribution in [-0.4, -0.2) is 28.5 Å². The van der Waals surface area contributed by atoms with Gasteiger partial charge in [0, 0.05) is 0 Å². The summed E-state index contributed by atoms with van der Waals surface area (Å²) in [7, 11) is 0. The molecule has 0 unspecified atom stereocenters. The van der Waals surface area contributed by atoms with Crippen molar-refractivity contribution in [1.82, 2.24) is 9.78 Å². The number of hydrogen-bond donors (Lipinski definition) is 1. The highest BCUT2D eigenvalue weighted by molar-refractivity contribution is 5.69. The second kappa shape index (κ2) is 4.64. The van der Waals surface area contributed by atoms with Crippen LogP contribution in [0, 0.1) is 13.8 Å². The number of nitrogens with zero attached hydrogens (tertiary/aromatic N) is 2. The lowest BCUT2D eigenvalue weighted by atomic mass is 10.3. The largest absolute Gasteiger partial charge is 0.455 e. The molecule has 1 aromatic heterocycles. The van der Waals surface area contributed by atoms with E-state index < -0.39 is 18.8 Å². The van der Waals surface area contributed by atoms with Crippen molar-refractivity contribution in [2.24, 2.45) is 0 Å². The lowest BCUT2D eigenvalue weighted by molar-refractivity contribution is -0.186. The van der Waals surface area contributed by atoms with E-state index in [1.165, 1.54) is 4.68 Å². The third-order valence-electron chi connectivity index (χ3n) is 2.11. The second-order valence-electron chi connectivity index (χ2n) is 3.52. The molecule has 0 saturated carbocycles. The zero-order chi connectivity index (χ0) is 13.2. The van der Waals surface area contributed by atoms with Crippen molar-refractivity contribution in [2.75, 3.05) is 12.3 Å². The number of alkyl halides is 3. The van der Waals surface area contributed by atoms with Gasteiger partial charge in [-0.1, -0.05) is 0 Å². The number of esters is 1. The van der Waals surface area contributed by atoms with Crippen molar-refractivity contribution in [1.29, 1.82) is 0 Å². The highest BCUT2D eigenvalue weighted by atomic mass is 19.4. The topological polar surface area (TPSA) is 70.1 Å². The zero-order valence-corrected chi connectivity index (χ0v) is 9.34. The summed E-state index contributed by atoms with van der Waals surface area (Å²) in [5.74, 6) is -1.01. The number of rotatable bonds is 3. The maximum Gasteiger partial charge on any atom is 0.422 e. The minimum Gasteiger partial charge on any atom is -0.455 e. The van der Waals surface area contributed by atoms with E-state index in [4.69, 9.17) is 5.73 Å². The van der Waals surface area contributed by atoms with Crippen LogP contribution in [0.3, 0.4) is 0 Å². The Morgan fingerprint density at radius 2 is 2.06 bits per heavy atom. The van der Waals surface area contributed by atoms with Crippen molar-refractivity contribution >= 4 is 11.7 Å². The van der Waals surface area contributed by atoms with Crippen molar-refractivity contribution in [3.8, 4) is 0 Å². The summed E-state index contributed by atoms with van der Waals surface area (Å²) < 4.78 is 40.6. The predicted octanol–water partition coefficient (Wildman–Crippen LogP) is 1.19. The second-order valence-corrected chi connectivity index (χ2v) is 3.52. The summed E-state index contributed by atoms with van der Waals surface area (Å²) in [6.07, 6.45) is -4.52. The van der Waals surface area contributed by atoms with E-state index in [9.17, 15) is 18.0 Å². The first-order valence-corrected chi connectivity index (χ1v) is 4.72. The van der Waals surface area contributed by atoms with Crippen LogP contribution in [0.1, 0.15) is 11.4 Å². The molecule has 0 saturated heterocycles. The predicted molar refractivity (Wildman–Crippen MR) is 53.1 cm³/mol. The fourth-order valence-corrected chi connectivity index (χ4v) is 1.19. The molecule has 5 nitrogen and oxygen atoms in total. The maximum absolute atomic E-state index is 11.8. The van der Waals surface area contributed by atoms with Gasteiger partial charge in [-0.3, -0.25) is 9.48 Å².